The Kier molecular flexibility index (Phi) is 10.7. The minimum absolute atomic E-state index is 0.00924. The van der Waals surface area contributed by atoms with Gasteiger partial charge in [0, 0.05) is 35.8 Å². The molecule has 0 unspecified atom stereocenters. The number of benzene rings is 4. The smallest absolute Gasteiger partial charge is 0.243 e. The van der Waals surface area contributed by atoms with Gasteiger partial charge in [-0.1, -0.05) is 126 Å². The van der Waals surface area contributed by atoms with Gasteiger partial charge in [0.25, 0.3) is 0 Å². The van der Waals surface area contributed by atoms with Crippen molar-refractivity contribution >= 4 is 27.7 Å². The molecule has 0 bridgehead atoms. The van der Waals surface area contributed by atoms with Crippen LogP contribution in [0.5, 0.6) is 0 Å². The molecular formula is C35H37BrN2O2. The van der Waals surface area contributed by atoms with E-state index in [0.717, 1.165) is 33.1 Å². The van der Waals surface area contributed by atoms with Crippen molar-refractivity contribution in [1.29, 1.82) is 0 Å². The van der Waals surface area contributed by atoms with Crippen LogP contribution in [0.4, 0.5) is 0 Å². The highest BCUT2D eigenvalue weighted by molar-refractivity contribution is 9.10. The van der Waals surface area contributed by atoms with Crippen LogP contribution in [0.2, 0.25) is 0 Å². The average Bonchev–Trinajstić information content (AvgIpc) is 2.99. The molecule has 1 N–H and O–H groups in total. The summed E-state index contributed by atoms with van der Waals surface area (Å²) in [5.41, 5.74) is 4.14. The van der Waals surface area contributed by atoms with Crippen LogP contribution in [0.3, 0.4) is 0 Å². The van der Waals surface area contributed by atoms with Gasteiger partial charge in [0.1, 0.15) is 6.04 Å². The fourth-order valence-corrected chi connectivity index (χ4v) is 5.36. The van der Waals surface area contributed by atoms with Crippen molar-refractivity contribution in [3.63, 3.8) is 0 Å². The minimum atomic E-state index is -0.657. The Hall–Kier alpha value is -3.70. The lowest BCUT2D eigenvalue weighted by Crippen LogP contribution is -2.52. The van der Waals surface area contributed by atoms with E-state index in [-0.39, 0.29) is 30.2 Å². The lowest BCUT2D eigenvalue weighted by molar-refractivity contribution is -0.141. The number of nitrogens with one attached hydrogen (secondary N) is 1. The zero-order chi connectivity index (χ0) is 28.3. The standard InChI is InChI=1S/C35H37BrN2O2/c1-3-26(2)37-35(40)33(23-27-14-7-4-8-15-27)38(25-28-16-13-21-31(36)22-28)34(39)24-32(29-17-9-5-10-18-29)30-19-11-6-12-20-30/h4-22,26,32-33H,3,23-25H2,1-2H3,(H,37,40)/t26-,33+/m0/s1. The number of amides is 2. The van der Waals surface area contributed by atoms with Gasteiger partial charge in [-0.25, -0.2) is 0 Å². The molecule has 0 spiro atoms. The quantitative estimate of drug-likeness (QED) is 0.184. The second kappa shape index (κ2) is 14.6. The van der Waals surface area contributed by atoms with Crippen molar-refractivity contribution in [2.45, 2.75) is 57.7 Å². The van der Waals surface area contributed by atoms with Gasteiger partial charge in [0.15, 0.2) is 0 Å². The molecule has 0 aliphatic carbocycles. The summed E-state index contributed by atoms with van der Waals surface area (Å²) < 4.78 is 0.938. The summed E-state index contributed by atoms with van der Waals surface area (Å²) in [4.78, 5) is 30.0. The first-order valence-electron chi connectivity index (χ1n) is 13.9. The second-order valence-electron chi connectivity index (χ2n) is 10.3. The Morgan fingerprint density at radius 3 is 1.88 bits per heavy atom. The zero-order valence-corrected chi connectivity index (χ0v) is 24.8. The maximum Gasteiger partial charge on any atom is 0.243 e. The summed E-state index contributed by atoms with van der Waals surface area (Å²) in [6.45, 7) is 4.38. The molecule has 0 aliphatic rings. The topological polar surface area (TPSA) is 49.4 Å². The molecule has 5 heteroatoms. The molecule has 2 atom stereocenters. The Bertz CT molecular complexity index is 1320. The Morgan fingerprint density at radius 2 is 1.32 bits per heavy atom. The molecule has 206 valence electrons. The third kappa shape index (κ3) is 8.15. The van der Waals surface area contributed by atoms with Gasteiger partial charge in [0.05, 0.1) is 0 Å². The maximum absolute atomic E-state index is 14.4. The van der Waals surface area contributed by atoms with Crippen molar-refractivity contribution in [2.75, 3.05) is 0 Å². The summed E-state index contributed by atoms with van der Waals surface area (Å²) in [5.74, 6) is -0.314. The van der Waals surface area contributed by atoms with Crippen LogP contribution in [-0.2, 0) is 22.6 Å². The predicted octanol–water partition coefficient (Wildman–Crippen LogP) is 7.53. The van der Waals surface area contributed by atoms with E-state index < -0.39 is 6.04 Å². The lowest BCUT2D eigenvalue weighted by Gasteiger charge is -2.33. The lowest BCUT2D eigenvalue weighted by atomic mass is 9.87. The van der Waals surface area contributed by atoms with E-state index in [4.69, 9.17) is 0 Å². The largest absolute Gasteiger partial charge is 0.352 e. The molecule has 0 aliphatic heterocycles. The summed E-state index contributed by atoms with van der Waals surface area (Å²) in [5, 5.41) is 3.16. The van der Waals surface area contributed by atoms with Crippen LogP contribution < -0.4 is 5.32 Å². The SMILES string of the molecule is CC[C@H](C)NC(=O)[C@@H](Cc1ccccc1)N(Cc1cccc(Br)c1)C(=O)CC(c1ccccc1)c1ccccc1. The van der Waals surface area contributed by atoms with Gasteiger partial charge in [-0.2, -0.15) is 0 Å². The van der Waals surface area contributed by atoms with Crippen LogP contribution in [0.15, 0.2) is 120 Å². The third-order valence-corrected chi connectivity index (χ3v) is 7.79. The van der Waals surface area contributed by atoms with Crippen molar-refractivity contribution < 1.29 is 9.59 Å². The highest BCUT2D eigenvalue weighted by Gasteiger charge is 2.32. The van der Waals surface area contributed by atoms with Crippen molar-refractivity contribution in [3.8, 4) is 0 Å². The minimum Gasteiger partial charge on any atom is -0.352 e. The number of halogens is 1. The van der Waals surface area contributed by atoms with Crippen LogP contribution in [0.1, 0.15) is 54.9 Å². The third-order valence-electron chi connectivity index (χ3n) is 7.30. The first-order chi connectivity index (χ1) is 19.4. The van der Waals surface area contributed by atoms with E-state index in [9.17, 15) is 9.59 Å². The van der Waals surface area contributed by atoms with E-state index in [2.05, 4.69) is 45.5 Å². The summed E-state index contributed by atoms with van der Waals surface area (Å²) in [7, 11) is 0. The average molecular weight is 598 g/mol. The molecular weight excluding hydrogens is 560 g/mol. The highest BCUT2D eigenvalue weighted by Crippen LogP contribution is 2.30. The summed E-state index contributed by atoms with van der Waals surface area (Å²) in [6, 6.07) is 37.5. The van der Waals surface area contributed by atoms with Gasteiger partial charge in [-0.15, -0.1) is 0 Å². The van der Waals surface area contributed by atoms with Crippen LogP contribution >= 0.6 is 15.9 Å². The number of hydrogen-bond acceptors (Lipinski definition) is 2. The maximum atomic E-state index is 14.4. The number of nitrogens with zero attached hydrogens (tertiary/aromatic N) is 1. The van der Waals surface area contributed by atoms with E-state index in [0.29, 0.717) is 13.0 Å². The van der Waals surface area contributed by atoms with E-state index in [1.807, 2.05) is 105 Å². The van der Waals surface area contributed by atoms with E-state index in [1.54, 1.807) is 4.90 Å². The molecule has 4 aromatic carbocycles. The van der Waals surface area contributed by atoms with Gasteiger partial charge in [-0.3, -0.25) is 9.59 Å². The number of hydrogen-bond donors (Lipinski definition) is 1. The molecule has 4 rings (SSSR count). The molecule has 0 heterocycles. The van der Waals surface area contributed by atoms with Crippen molar-refractivity contribution in [1.82, 2.24) is 10.2 Å². The molecule has 0 radical (unpaired) electrons. The molecule has 0 aromatic heterocycles. The van der Waals surface area contributed by atoms with Gasteiger partial charge in [0.2, 0.25) is 11.8 Å². The molecule has 2 amide bonds. The predicted molar refractivity (Wildman–Crippen MR) is 166 cm³/mol. The molecule has 40 heavy (non-hydrogen) atoms. The Morgan fingerprint density at radius 1 is 0.775 bits per heavy atom. The molecule has 4 aromatic rings. The van der Waals surface area contributed by atoms with Crippen molar-refractivity contribution in [3.05, 3.63) is 142 Å². The Labute approximate surface area is 246 Å². The fraction of sp³-hybridized carbons (Fsp3) is 0.257. The van der Waals surface area contributed by atoms with Crippen molar-refractivity contribution in [2.24, 2.45) is 0 Å². The van der Waals surface area contributed by atoms with Crippen LogP contribution in [0, 0.1) is 0 Å². The fourth-order valence-electron chi connectivity index (χ4n) is 4.92. The summed E-state index contributed by atoms with van der Waals surface area (Å²) >= 11 is 3.57. The molecule has 0 saturated carbocycles. The number of rotatable bonds is 12. The highest BCUT2D eigenvalue weighted by atomic mass is 79.9. The van der Waals surface area contributed by atoms with Gasteiger partial charge in [-0.05, 0) is 47.7 Å². The first-order valence-corrected chi connectivity index (χ1v) is 14.7. The summed E-state index contributed by atoms with van der Waals surface area (Å²) in [6.07, 6.45) is 1.50. The van der Waals surface area contributed by atoms with Gasteiger partial charge >= 0.3 is 0 Å². The normalized spacial score (nSPS) is 12.5. The zero-order valence-electron chi connectivity index (χ0n) is 23.2. The van der Waals surface area contributed by atoms with Crippen LogP contribution in [0.25, 0.3) is 0 Å². The molecule has 0 fully saturated rings. The molecule has 4 nitrogen and oxygen atoms in total. The van der Waals surface area contributed by atoms with Crippen LogP contribution in [-0.4, -0.2) is 28.8 Å². The van der Waals surface area contributed by atoms with E-state index >= 15 is 0 Å². The second-order valence-corrected chi connectivity index (χ2v) is 11.2. The van der Waals surface area contributed by atoms with Gasteiger partial charge < -0.3 is 10.2 Å². The Balaban J connectivity index is 1.74. The van der Waals surface area contributed by atoms with E-state index in [1.165, 1.54) is 0 Å². The first kappa shape index (κ1) is 29.3. The molecule has 0 saturated heterocycles. The number of carbonyl (C=O) groups is 2. The monoisotopic (exact) mass is 596 g/mol. The number of carbonyl (C=O) groups excluding carboxylic acids is 2.